The molecule has 6 atom stereocenters. The lowest BCUT2D eigenvalue weighted by molar-refractivity contribution is -0.276. The average Bonchev–Trinajstić information content (AvgIpc) is 2.72. The van der Waals surface area contributed by atoms with Crippen LogP contribution in [0.1, 0.15) is 35.9 Å². The van der Waals surface area contributed by atoms with E-state index in [2.05, 4.69) is 9.97 Å². The highest BCUT2D eigenvalue weighted by Crippen LogP contribution is 2.27. The first-order valence-corrected chi connectivity index (χ1v) is 9.56. The number of aliphatic hydroxyl groups is 4. The molecule has 1 aliphatic rings. The van der Waals surface area contributed by atoms with Crippen LogP contribution in [0.25, 0.3) is 22.1 Å². The third kappa shape index (κ3) is 3.51. The molecule has 1 fully saturated rings. The van der Waals surface area contributed by atoms with Crippen molar-refractivity contribution < 1.29 is 34.7 Å². The van der Waals surface area contributed by atoms with E-state index in [0.717, 1.165) is 0 Å². The van der Waals surface area contributed by atoms with Gasteiger partial charge in [-0.3, -0.25) is 0 Å². The normalized spacial score (nSPS) is 27.9. The van der Waals surface area contributed by atoms with Gasteiger partial charge in [0.05, 0.1) is 34.3 Å². The molecule has 1 saturated heterocycles. The Morgan fingerprint density at radius 3 is 2.37 bits per heavy atom. The lowest BCUT2D eigenvalue weighted by atomic mass is 10.00. The Hall–Kier alpha value is -2.69. The smallest absolute Gasteiger partial charge is 0.340 e. The zero-order chi connectivity index (χ0) is 21.6. The lowest BCUT2D eigenvalue weighted by Gasteiger charge is -2.38. The van der Waals surface area contributed by atoms with Gasteiger partial charge in [-0.05, 0) is 32.0 Å². The number of ether oxygens (including phenoxy) is 2. The monoisotopic (exact) mass is 414 g/mol. The Morgan fingerprint density at radius 1 is 1.03 bits per heavy atom. The number of hydrogen-bond acceptors (Lipinski definition) is 9. The molecule has 2 aromatic carbocycles. The highest BCUT2D eigenvalue weighted by Gasteiger charge is 2.44. The van der Waals surface area contributed by atoms with Gasteiger partial charge in [0.15, 0.2) is 12.4 Å². The Labute approximate surface area is 171 Å². The van der Waals surface area contributed by atoms with Gasteiger partial charge >= 0.3 is 5.97 Å². The second-order valence-electron chi connectivity index (χ2n) is 7.37. The number of carbonyl (C=O) groups excluding carboxylic acids is 1. The maximum atomic E-state index is 12.8. The van der Waals surface area contributed by atoms with Crippen LogP contribution in [0, 0.1) is 0 Å². The molecule has 0 saturated carbocycles. The molecule has 0 unspecified atom stereocenters. The molecule has 0 radical (unpaired) electrons. The third-order valence-electron chi connectivity index (χ3n) is 5.24. The summed E-state index contributed by atoms with van der Waals surface area (Å²) in [4.78, 5) is 21.9. The van der Waals surface area contributed by atoms with E-state index in [1.54, 1.807) is 37.3 Å². The number of hydrogen-bond donors (Lipinski definition) is 4. The van der Waals surface area contributed by atoms with Crippen LogP contribution in [0.5, 0.6) is 0 Å². The van der Waals surface area contributed by atoms with Crippen LogP contribution in [0.3, 0.4) is 0 Å². The predicted molar refractivity (Wildman–Crippen MR) is 105 cm³/mol. The molecule has 2 heterocycles. The van der Waals surface area contributed by atoms with Gasteiger partial charge in [-0.2, -0.15) is 0 Å². The summed E-state index contributed by atoms with van der Waals surface area (Å²) in [6.07, 6.45) is -7.43. The molecule has 0 bridgehead atoms. The Kier molecular flexibility index (Phi) is 5.39. The summed E-state index contributed by atoms with van der Waals surface area (Å²) in [7, 11) is 0. The zero-order valence-electron chi connectivity index (χ0n) is 16.3. The largest absolute Gasteiger partial charge is 0.450 e. The summed E-state index contributed by atoms with van der Waals surface area (Å²) in [6.45, 7) is 3.12. The Balaban J connectivity index is 1.73. The van der Waals surface area contributed by atoms with Crippen molar-refractivity contribution in [2.45, 2.75) is 50.7 Å². The highest BCUT2D eigenvalue weighted by atomic mass is 16.7. The molecular formula is C21H22N2O7. The van der Waals surface area contributed by atoms with E-state index < -0.39 is 42.8 Å². The number of benzene rings is 2. The SMILES string of the molecule is C[C@H](O)c1cccc2nc3c(C(=O)O[C@H]4[C@H](O)[C@@H](O)[C@H](C)O[C@@H]4O)cccc3nc12. The summed E-state index contributed by atoms with van der Waals surface area (Å²) < 4.78 is 10.4. The summed E-state index contributed by atoms with van der Waals surface area (Å²) in [6, 6.07) is 9.98. The minimum atomic E-state index is -1.59. The topological polar surface area (TPSA) is 142 Å². The van der Waals surface area contributed by atoms with Gasteiger partial charge < -0.3 is 29.9 Å². The molecule has 9 nitrogen and oxygen atoms in total. The average molecular weight is 414 g/mol. The number of fused-ring (bicyclic) bond motifs is 2. The number of nitrogens with zero attached hydrogens (tertiary/aromatic N) is 2. The summed E-state index contributed by atoms with van der Waals surface area (Å²) in [5, 5.41) is 40.2. The van der Waals surface area contributed by atoms with Gasteiger partial charge in [0.2, 0.25) is 0 Å². The van der Waals surface area contributed by atoms with E-state index in [9.17, 15) is 25.2 Å². The first-order valence-electron chi connectivity index (χ1n) is 9.56. The highest BCUT2D eigenvalue weighted by molar-refractivity contribution is 6.03. The van der Waals surface area contributed by atoms with Crippen molar-refractivity contribution in [3.05, 3.63) is 47.5 Å². The molecule has 1 aromatic heterocycles. The molecule has 0 spiro atoms. The van der Waals surface area contributed by atoms with Crippen molar-refractivity contribution in [3.63, 3.8) is 0 Å². The lowest BCUT2D eigenvalue weighted by Crippen LogP contribution is -2.58. The van der Waals surface area contributed by atoms with Gasteiger partial charge in [-0.25, -0.2) is 14.8 Å². The van der Waals surface area contributed by atoms with Crippen LogP contribution in [-0.2, 0) is 9.47 Å². The number of rotatable bonds is 3. The van der Waals surface area contributed by atoms with Crippen LogP contribution in [0.4, 0.5) is 0 Å². The van der Waals surface area contributed by atoms with Gasteiger partial charge in [-0.15, -0.1) is 0 Å². The first kappa shape index (κ1) is 20.6. The summed E-state index contributed by atoms with van der Waals surface area (Å²) in [5.41, 5.74) is 2.40. The van der Waals surface area contributed by atoms with E-state index in [-0.39, 0.29) is 11.1 Å². The maximum absolute atomic E-state index is 12.8. The Bertz CT molecular complexity index is 1100. The van der Waals surface area contributed by atoms with Crippen LogP contribution >= 0.6 is 0 Å². The number of aromatic nitrogens is 2. The van der Waals surface area contributed by atoms with E-state index in [4.69, 9.17) is 9.47 Å². The standard InChI is InChI=1S/C21H22N2O7/c1-9(24)11-5-3-7-13-15(11)22-14-8-4-6-12(16(14)23-13)20(27)30-19-18(26)17(25)10(2)29-21(19)28/h3-10,17-19,21,24-26,28H,1-2H3/t9-,10-,17-,18+,19-,21-/m0/s1. The van der Waals surface area contributed by atoms with Crippen molar-refractivity contribution in [1.29, 1.82) is 0 Å². The number of esters is 1. The molecule has 158 valence electrons. The number of carbonyl (C=O) groups is 1. The van der Waals surface area contributed by atoms with E-state index in [1.165, 1.54) is 13.0 Å². The van der Waals surface area contributed by atoms with Crippen molar-refractivity contribution in [2.24, 2.45) is 0 Å². The predicted octanol–water partition coefficient (Wildman–Crippen LogP) is 0.821. The maximum Gasteiger partial charge on any atom is 0.340 e. The second kappa shape index (κ2) is 7.86. The molecule has 4 rings (SSSR count). The van der Waals surface area contributed by atoms with Crippen molar-refractivity contribution in [1.82, 2.24) is 9.97 Å². The molecule has 0 amide bonds. The first-order chi connectivity index (χ1) is 14.3. The van der Waals surface area contributed by atoms with Gasteiger partial charge in [0, 0.05) is 5.56 Å². The molecule has 3 aromatic rings. The minimum absolute atomic E-state index is 0.0804. The van der Waals surface area contributed by atoms with E-state index in [0.29, 0.717) is 22.1 Å². The van der Waals surface area contributed by atoms with Crippen LogP contribution < -0.4 is 0 Å². The minimum Gasteiger partial charge on any atom is -0.450 e. The quantitative estimate of drug-likeness (QED) is 0.362. The molecule has 30 heavy (non-hydrogen) atoms. The molecule has 4 N–H and O–H groups in total. The molecule has 0 aliphatic carbocycles. The van der Waals surface area contributed by atoms with E-state index in [1.807, 2.05) is 0 Å². The fraction of sp³-hybridized carbons (Fsp3) is 0.381. The fourth-order valence-electron chi connectivity index (χ4n) is 3.58. The molecular weight excluding hydrogens is 392 g/mol. The van der Waals surface area contributed by atoms with Gasteiger partial charge in [-0.1, -0.05) is 18.2 Å². The number of aliphatic hydroxyl groups excluding tert-OH is 4. The van der Waals surface area contributed by atoms with Gasteiger partial charge in [0.25, 0.3) is 0 Å². The number of para-hydroxylation sites is 2. The van der Waals surface area contributed by atoms with Crippen molar-refractivity contribution in [3.8, 4) is 0 Å². The Morgan fingerprint density at radius 2 is 1.67 bits per heavy atom. The second-order valence-corrected chi connectivity index (χ2v) is 7.37. The van der Waals surface area contributed by atoms with Gasteiger partial charge in [0.1, 0.15) is 17.7 Å². The van der Waals surface area contributed by atoms with Crippen molar-refractivity contribution in [2.75, 3.05) is 0 Å². The fourth-order valence-corrected chi connectivity index (χ4v) is 3.58. The summed E-state index contributed by atoms with van der Waals surface area (Å²) in [5.74, 6) is -0.852. The van der Waals surface area contributed by atoms with Crippen molar-refractivity contribution >= 4 is 28.0 Å². The summed E-state index contributed by atoms with van der Waals surface area (Å²) >= 11 is 0. The van der Waals surface area contributed by atoms with Crippen LogP contribution in [-0.4, -0.2) is 67.1 Å². The van der Waals surface area contributed by atoms with Crippen LogP contribution in [0.2, 0.25) is 0 Å². The zero-order valence-corrected chi connectivity index (χ0v) is 16.3. The third-order valence-corrected chi connectivity index (χ3v) is 5.24. The van der Waals surface area contributed by atoms with Crippen LogP contribution in [0.15, 0.2) is 36.4 Å². The van der Waals surface area contributed by atoms with E-state index >= 15 is 0 Å². The molecule has 9 heteroatoms. The molecule has 1 aliphatic heterocycles.